The van der Waals surface area contributed by atoms with E-state index in [1.807, 2.05) is 12.1 Å². The van der Waals surface area contributed by atoms with E-state index in [0.29, 0.717) is 11.6 Å². The van der Waals surface area contributed by atoms with Gasteiger partial charge in [-0.25, -0.2) is 0 Å². The number of rotatable bonds is 2. The van der Waals surface area contributed by atoms with Crippen molar-refractivity contribution in [3.8, 4) is 0 Å². The van der Waals surface area contributed by atoms with E-state index >= 15 is 0 Å². The van der Waals surface area contributed by atoms with Crippen LogP contribution >= 0.6 is 0 Å². The average Bonchev–Trinajstić information content (AvgIpc) is 2.54. The first-order valence-electron chi connectivity index (χ1n) is 8.09. The number of piperidine rings is 1. The van der Waals surface area contributed by atoms with Crippen molar-refractivity contribution < 1.29 is 4.79 Å². The zero-order valence-corrected chi connectivity index (χ0v) is 12.8. The molecule has 4 heteroatoms. The first-order chi connectivity index (χ1) is 10.2. The van der Waals surface area contributed by atoms with Gasteiger partial charge in [-0.2, -0.15) is 0 Å². The predicted octanol–water partition coefficient (Wildman–Crippen LogP) is 2.79. The Bertz CT molecular complexity index is 527. The third-order valence-electron chi connectivity index (χ3n) is 5.07. The number of hydrogen-bond donors (Lipinski definition) is 2. The minimum absolute atomic E-state index is 0.0477. The first-order valence-corrected chi connectivity index (χ1v) is 8.09. The number of benzene rings is 1. The van der Waals surface area contributed by atoms with Gasteiger partial charge in [0.2, 0.25) is 0 Å². The lowest BCUT2D eigenvalue weighted by Crippen LogP contribution is -2.47. The van der Waals surface area contributed by atoms with Crippen LogP contribution in [0.5, 0.6) is 0 Å². The fourth-order valence-electron chi connectivity index (χ4n) is 4.00. The highest BCUT2D eigenvalue weighted by atomic mass is 16.1. The van der Waals surface area contributed by atoms with Crippen molar-refractivity contribution in [1.29, 1.82) is 0 Å². The summed E-state index contributed by atoms with van der Waals surface area (Å²) in [7, 11) is 1.66. The molecule has 21 heavy (non-hydrogen) atoms. The van der Waals surface area contributed by atoms with Crippen molar-refractivity contribution in [2.24, 2.45) is 5.92 Å². The van der Waals surface area contributed by atoms with Crippen LogP contribution in [0.3, 0.4) is 0 Å². The number of fused-ring (bicyclic) bond motifs is 1. The van der Waals surface area contributed by atoms with E-state index in [2.05, 4.69) is 10.2 Å². The number of hydrogen-bond acceptors (Lipinski definition) is 3. The van der Waals surface area contributed by atoms with Gasteiger partial charge in [-0.3, -0.25) is 4.79 Å². The molecule has 2 aliphatic rings. The molecular weight excluding hydrogens is 262 g/mol. The van der Waals surface area contributed by atoms with Crippen molar-refractivity contribution in [2.45, 2.75) is 44.6 Å². The second-order valence-electron chi connectivity index (χ2n) is 6.30. The van der Waals surface area contributed by atoms with Crippen LogP contribution in [0, 0.1) is 5.92 Å². The Labute approximate surface area is 126 Å². The number of nitrogens with one attached hydrogen (secondary N) is 1. The number of anilines is 2. The lowest BCUT2D eigenvalue weighted by atomic mass is 9.78. The van der Waals surface area contributed by atoms with Gasteiger partial charge in [-0.05, 0) is 49.8 Å². The molecule has 2 atom stereocenters. The molecule has 114 valence electrons. The second-order valence-corrected chi connectivity index (χ2v) is 6.30. The Morgan fingerprint density at radius 2 is 2.00 bits per heavy atom. The molecule has 0 aromatic heterocycles. The van der Waals surface area contributed by atoms with Crippen LogP contribution in [-0.4, -0.2) is 25.5 Å². The summed E-state index contributed by atoms with van der Waals surface area (Å²) in [4.78, 5) is 14.3. The highest BCUT2D eigenvalue weighted by Crippen LogP contribution is 2.39. The highest BCUT2D eigenvalue weighted by molar-refractivity contribution is 5.96. The third-order valence-corrected chi connectivity index (χ3v) is 5.07. The molecule has 4 nitrogen and oxygen atoms in total. The van der Waals surface area contributed by atoms with Gasteiger partial charge in [-0.15, -0.1) is 0 Å². The quantitative estimate of drug-likeness (QED) is 0.822. The molecule has 1 aliphatic heterocycles. The Hall–Kier alpha value is -1.71. The summed E-state index contributed by atoms with van der Waals surface area (Å²) in [5.74, 6) is 0.754. The van der Waals surface area contributed by atoms with Crippen LogP contribution < -0.4 is 16.0 Å². The van der Waals surface area contributed by atoms with Crippen molar-refractivity contribution in [1.82, 2.24) is 5.32 Å². The van der Waals surface area contributed by atoms with Crippen LogP contribution in [0.1, 0.15) is 48.9 Å². The summed E-state index contributed by atoms with van der Waals surface area (Å²) in [5.41, 5.74) is 8.74. The number of amides is 1. The van der Waals surface area contributed by atoms with Gasteiger partial charge >= 0.3 is 0 Å². The molecule has 3 N–H and O–H groups in total. The fourth-order valence-corrected chi connectivity index (χ4v) is 4.00. The molecule has 1 heterocycles. The molecule has 0 radical (unpaired) electrons. The molecule has 1 aromatic rings. The smallest absolute Gasteiger partial charge is 0.251 e. The Morgan fingerprint density at radius 1 is 1.24 bits per heavy atom. The van der Waals surface area contributed by atoms with Gasteiger partial charge in [0.25, 0.3) is 5.91 Å². The van der Waals surface area contributed by atoms with Crippen LogP contribution in [-0.2, 0) is 0 Å². The van der Waals surface area contributed by atoms with E-state index in [0.717, 1.165) is 23.8 Å². The van der Waals surface area contributed by atoms with E-state index < -0.39 is 0 Å². The van der Waals surface area contributed by atoms with E-state index in [1.165, 1.54) is 38.5 Å². The molecule has 2 fully saturated rings. The second kappa shape index (κ2) is 5.96. The van der Waals surface area contributed by atoms with Gasteiger partial charge in [0.15, 0.2) is 0 Å². The maximum atomic E-state index is 11.9. The van der Waals surface area contributed by atoms with Crippen LogP contribution in [0.4, 0.5) is 11.4 Å². The minimum Gasteiger partial charge on any atom is -0.397 e. The van der Waals surface area contributed by atoms with Crippen LogP contribution in [0.2, 0.25) is 0 Å². The van der Waals surface area contributed by atoms with E-state index in [-0.39, 0.29) is 5.91 Å². The summed E-state index contributed by atoms with van der Waals surface area (Å²) in [6, 6.07) is 6.24. The zero-order chi connectivity index (χ0) is 14.8. The predicted molar refractivity (Wildman–Crippen MR) is 86.6 cm³/mol. The summed E-state index contributed by atoms with van der Waals surface area (Å²) >= 11 is 0. The van der Waals surface area contributed by atoms with Crippen molar-refractivity contribution in [2.75, 3.05) is 24.2 Å². The van der Waals surface area contributed by atoms with Gasteiger partial charge < -0.3 is 16.0 Å². The van der Waals surface area contributed by atoms with Gasteiger partial charge in [0, 0.05) is 25.2 Å². The Morgan fingerprint density at radius 3 is 2.81 bits per heavy atom. The largest absolute Gasteiger partial charge is 0.397 e. The number of nitrogens with two attached hydrogens (primary N) is 1. The molecule has 0 unspecified atom stereocenters. The summed E-state index contributed by atoms with van der Waals surface area (Å²) in [6.07, 6.45) is 7.85. The molecule has 3 rings (SSSR count). The lowest BCUT2D eigenvalue weighted by molar-refractivity contribution is 0.0963. The molecular formula is C17H25N3O. The van der Waals surface area contributed by atoms with Crippen molar-refractivity contribution in [3.05, 3.63) is 23.8 Å². The van der Waals surface area contributed by atoms with Crippen molar-refractivity contribution in [3.63, 3.8) is 0 Å². The molecule has 1 aromatic carbocycles. The molecule has 1 saturated heterocycles. The van der Waals surface area contributed by atoms with Crippen molar-refractivity contribution >= 4 is 17.3 Å². The number of carbonyl (C=O) groups excluding carboxylic acids is 1. The highest BCUT2D eigenvalue weighted by Gasteiger charge is 2.34. The molecule has 0 bridgehead atoms. The Kier molecular flexibility index (Phi) is 4.04. The fraction of sp³-hybridized carbons (Fsp3) is 0.588. The van der Waals surface area contributed by atoms with Gasteiger partial charge in [-0.1, -0.05) is 12.8 Å². The monoisotopic (exact) mass is 287 g/mol. The Balaban J connectivity index is 1.92. The minimum atomic E-state index is -0.0477. The summed E-state index contributed by atoms with van der Waals surface area (Å²) in [5, 5.41) is 2.69. The summed E-state index contributed by atoms with van der Waals surface area (Å²) < 4.78 is 0. The normalized spacial score (nSPS) is 25.3. The van der Waals surface area contributed by atoms with E-state index in [9.17, 15) is 4.79 Å². The maximum absolute atomic E-state index is 11.9. The SMILES string of the molecule is CNC(=O)c1ccc(N)c(N2CCC[C@H]3CCCC[C@H]32)c1. The summed E-state index contributed by atoms with van der Waals surface area (Å²) in [6.45, 7) is 1.06. The number of nitrogen functional groups attached to an aromatic ring is 1. The van der Waals surface area contributed by atoms with E-state index in [1.54, 1.807) is 13.1 Å². The topological polar surface area (TPSA) is 58.4 Å². The number of nitrogens with zero attached hydrogens (tertiary/aromatic N) is 1. The average molecular weight is 287 g/mol. The van der Waals surface area contributed by atoms with E-state index in [4.69, 9.17) is 5.73 Å². The first kappa shape index (κ1) is 14.2. The van der Waals surface area contributed by atoms with Gasteiger partial charge in [0.1, 0.15) is 0 Å². The maximum Gasteiger partial charge on any atom is 0.251 e. The zero-order valence-electron chi connectivity index (χ0n) is 12.8. The molecule has 1 saturated carbocycles. The van der Waals surface area contributed by atoms with Crippen LogP contribution in [0.25, 0.3) is 0 Å². The molecule has 1 amide bonds. The standard InChI is InChI=1S/C17H25N3O/c1-19-17(21)13-8-9-14(18)16(11-13)20-10-4-6-12-5-2-3-7-15(12)20/h8-9,11-12,15H,2-7,10,18H2,1H3,(H,19,21)/t12-,15-/m1/s1. The number of carbonyl (C=O) groups is 1. The van der Waals surface area contributed by atoms with Gasteiger partial charge in [0.05, 0.1) is 11.4 Å². The van der Waals surface area contributed by atoms with Crippen LogP contribution in [0.15, 0.2) is 18.2 Å². The molecule has 1 aliphatic carbocycles. The lowest BCUT2D eigenvalue weighted by Gasteiger charge is -2.45. The third kappa shape index (κ3) is 2.71. The molecule has 0 spiro atoms.